The van der Waals surface area contributed by atoms with Crippen molar-refractivity contribution >= 4 is 5.57 Å². The molecular weight excluding hydrogens is 241 g/mol. The van der Waals surface area contributed by atoms with E-state index in [4.69, 9.17) is 5.11 Å². The lowest BCUT2D eigenvalue weighted by Crippen LogP contribution is -1.90. The maximum atomic E-state index is 13.0. The molecule has 0 atom stereocenters. The fourth-order valence-electron chi connectivity index (χ4n) is 1.89. The van der Waals surface area contributed by atoms with Crippen molar-refractivity contribution in [1.82, 2.24) is 4.98 Å². The molecular formula is C16H16FNO. The second-order valence-corrected chi connectivity index (χ2v) is 4.23. The molecule has 1 N–H and O–H groups in total. The minimum absolute atomic E-state index is 0.167. The average molecular weight is 257 g/mol. The lowest BCUT2D eigenvalue weighted by molar-refractivity contribution is 0.289. The van der Waals surface area contributed by atoms with E-state index in [1.807, 2.05) is 12.1 Å². The summed E-state index contributed by atoms with van der Waals surface area (Å²) >= 11 is 0. The van der Waals surface area contributed by atoms with Crippen LogP contribution in [0.25, 0.3) is 5.57 Å². The van der Waals surface area contributed by atoms with Gasteiger partial charge in [0.2, 0.25) is 0 Å². The Morgan fingerprint density at radius 2 is 1.95 bits per heavy atom. The van der Waals surface area contributed by atoms with E-state index in [1.54, 1.807) is 24.5 Å². The normalized spacial score (nSPS) is 11.6. The summed E-state index contributed by atoms with van der Waals surface area (Å²) in [7, 11) is 0. The number of aliphatic hydroxyl groups is 1. The van der Waals surface area contributed by atoms with E-state index in [1.165, 1.54) is 12.1 Å². The summed E-state index contributed by atoms with van der Waals surface area (Å²) < 4.78 is 13.0. The van der Waals surface area contributed by atoms with Gasteiger partial charge in [0.25, 0.3) is 0 Å². The molecule has 0 aliphatic heterocycles. The number of unbranched alkanes of at least 4 members (excludes halogenated alkanes) is 1. The molecule has 19 heavy (non-hydrogen) atoms. The van der Waals surface area contributed by atoms with Crippen LogP contribution in [0.3, 0.4) is 0 Å². The van der Waals surface area contributed by atoms with Crippen molar-refractivity contribution in [3.8, 4) is 0 Å². The molecule has 0 radical (unpaired) electrons. The predicted octanol–water partition coefficient (Wildman–Crippen LogP) is 3.42. The Morgan fingerprint density at radius 1 is 1.16 bits per heavy atom. The third-order valence-electron chi connectivity index (χ3n) is 2.84. The van der Waals surface area contributed by atoms with E-state index in [0.29, 0.717) is 6.42 Å². The quantitative estimate of drug-likeness (QED) is 0.832. The number of aliphatic hydroxyl groups excluding tert-OH is 1. The number of aromatic nitrogens is 1. The van der Waals surface area contributed by atoms with Crippen LogP contribution in [0.15, 0.2) is 54.9 Å². The Bertz CT molecular complexity index is 534. The van der Waals surface area contributed by atoms with Crippen LogP contribution in [-0.4, -0.2) is 16.7 Å². The zero-order valence-electron chi connectivity index (χ0n) is 10.6. The van der Waals surface area contributed by atoms with E-state index in [2.05, 4.69) is 11.1 Å². The maximum Gasteiger partial charge on any atom is 0.123 e. The summed E-state index contributed by atoms with van der Waals surface area (Å²) in [6, 6.07) is 10.3. The van der Waals surface area contributed by atoms with E-state index in [0.717, 1.165) is 23.1 Å². The molecule has 0 saturated heterocycles. The molecule has 0 aliphatic carbocycles. The average Bonchev–Trinajstić information content (AvgIpc) is 2.46. The first kappa shape index (κ1) is 13.4. The number of halogens is 1. The lowest BCUT2D eigenvalue weighted by atomic mass is 9.98. The molecule has 0 amide bonds. The van der Waals surface area contributed by atoms with Gasteiger partial charge in [0.1, 0.15) is 5.82 Å². The summed E-state index contributed by atoms with van der Waals surface area (Å²) in [5.41, 5.74) is 2.96. The van der Waals surface area contributed by atoms with E-state index in [-0.39, 0.29) is 12.4 Å². The van der Waals surface area contributed by atoms with Gasteiger partial charge >= 0.3 is 0 Å². The summed E-state index contributed by atoms with van der Waals surface area (Å²) in [5, 5.41) is 8.87. The fraction of sp³-hybridized carbons (Fsp3) is 0.188. The van der Waals surface area contributed by atoms with Crippen LogP contribution in [0.5, 0.6) is 0 Å². The van der Waals surface area contributed by atoms with Gasteiger partial charge < -0.3 is 5.11 Å². The Labute approximate surface area is 112 Å². The molecule has 0 aliphatic rings. The van der Waals surface area contributed by atoms with Crippen molar-refractivity contribution in [2.45, 2.75) is 12.8 Å². The van der Waals surface area contributed by atoms with Crippen LogP contribution < -0.4 is 0 Å². The number of nitrogens with zero attached hydrogens (tertiary/aromatic N) is 1. The first-order valence-corrected chi connectivity index (χ1v) is 6.28. The summed E-state index contributed by atoms with van der Waals surface area (Å²) in [6.07, 6.45) is 7.05. The molecule has 0 spiro atoms. The van der Waals surface area contributed by atoms with Crippen molar-refractivity contribution in [2.24, 2.45) is 0 Å². The molecule has 0 unspecified atom stereocenters. The predicted molar refractivity (Wildman–Crippen MR) is 74.0 cm³/mol. The first-order chi connectivity index (χ1) is 9.31. The first-order valence-electron chi connectivity index (χ1n) is 6.28. The van der Waals surface area contributed by atoms with Crippen molar-refractivity contribution in [2.75, 3.05) is 6.61 Å². The van der Waals surface area contributed by atoms with Gasteiger partial charge in [0.15, 0.2) is 0 Å². The molecule has 1 aromatic carbocycles. The molecule has 2 aromatic rings. The third-order valence-corrected chi connectivity index (χ3v) is 2.84. The second kappa shape index (κ2) is 6.81. The van der Waals surface area contributed by atoms with Gasteiger partial charge in [0, 0.05) is 24.6 Å². The minimum Gasteiger partial charge on any atom is -0.396 e. The van der Waals surface area contributed by atoms with Gasteiger partial charge in [-0.05, 0) is 42.2 Å². The number of benzene rings is 1. The number of hydrogen-bond acceptors (Lipinski definition) is 2. The van der Waals surface area contributed by atoms with Gasteiger partial charge in [-0.1, -0.05) is 24.3 Å². The van der Waals surface area contributed by atoms with Crippen molar-refractivity contribution in [1.29, 1.82) is 0 Å². The smallest absolute Gasteiger partial charge is 0.123 e. The number of allylic oxidation sites excluding steroid dienone is 1. The van der Waals surface area contributed by atoms with Gasteiger partial charge in [0.05, 0.1) is 0 Å². The zero-order chi connectivity index (χ0) is 13.5. The summed E-state index contributed by atoms with van der Waals surface area (Å²) in [5.74, 6) is -0.246. The van der Waals surface area contributed by atoms with E-state index < -0.39 is 0 Å². The monoisotopic (exact) mass is 257 g/mol. The van der Waals surface area contributed by atoms with Crippen molar-refractivity contribution in [3.63, 3.8) is 0 Å². The van der Waals surface area contributed by atoms with Crippen LogP contribution in [0.1, 0.15) is 24.0 Å². The van der Waals surface area contributed by atoms with Crippen LogP contribution in [0, 0.1) is 5.82 Å². The number of hydrogen-bond donors (Lipinski definition) is 1. The molecule has 98 valence electrons. The SMILES string of the molecule is OCCC/C=C(/c1ccc(F)cc1)c1cccnc1. The van der Waals surface area contributed by atoms with Gasteiger partial charge in [-0.25, -0.2) is 4.39 Å². The van der Waals surface area contributed by atoms with Crippen molar-refractivity contribution < 1.29 is 9.50 Å². The van der Waals surface area contributed by atoms with Gasteiger partial charge in [-0.3, -0.25) is 4.98 Å². The molecule has 1 heterocycles. The highest BCUT2D eigenvalue weighted by atomic mass is 19.1. The Morgan fingerprint density at radius 3 is 2.58 bits per heavy atom. The molecule has 1 aromatic heterocycles. The molecule has 2 rings (SSSR count). The fourth-order valence-corrected chi connectivity index (χ4v) is 1.89. The summed E-state index contributed by atoms with van der Waals surface area (Å²) in [4.78, 5) is 4.11. The van der Waals surface area contributed by atoms with Crippen LogP contribution in [0.2, 0.25) is 0 Å². The lowest BCUT2D eigenvalue weighted by Gasteiger charge is -2.08. The molecule has 0 fully saturated rings. The standard InChI is InChI=1S/C16H16FNO/c17-15-8-6-13(7-9-15)16(5-1-2-11-19)14-4-3-10-18-12-14/h3-10,12,19H,1-2,11H2/b16-5-. The maximum absolute atomic E-state index is 13.0. The van der Waals surface area contributed by atoms with E-state index >= 15 is 0 Å². The van der Waals surface area contributed by atoms with Crippen molar-refractivity contribution in [3.05, 3.63) is 71.8 Å². The third kappa shape index (κ3) is 3.73. The molecule has 3 heteroatoms. The second-order valence-electron chi connectivity index (χ2n) is 4.23. The summed E-state index contributed by atoms with van der Waals surface area (Å²) in [6.45, 7) is 0.167. The van der Waals surface area contributed by atoms with E-state index in [9.17, 15) is 4.39 Å². The Balaban J connectivity index is 2.34. The molecule has 0 bridgehead atoms. The molecule has 0 saturated carbocycles. The largest absolute Gasteiger partial charge is 0.396 e. The zero-order valence-corrected chi connectivity index (χ0v) is 10.6. The number of rotatable bonds is 5. The number of pyridine rings is 1. The topological polar surface area (TPSA) is 33.1 Å². The Hall–Kier alpha value is -2.00. The van der Waals surface area contributed by atoms with Crippen LogP contribution in [-0.2, 0) is 0 Å². The minimum atomic E-state index is -0.246. The Kier molecular flexibility index (Phi) is 4.81. The van der Waals surface area contributed by atoms with Crippen LogP contribution >= 0.6 is 0 Å². The van der Waals surface area contributed by atoms with Gasteiger partial charge in [-0.2, -0.15) is 0 Å². The van der Waals surface area contributed by atoms with Gasteiger partial charge in [-0.15, -0.1) is 0 Å². The molecule has 2 nitrogen and oxygen atoms in total. The van der Waals surface area contributed by atoms with Crippen LogP contribution in [0.4, 0.5) is 4.39 Å². The highest BCUT2D eigenvalue weighted by Gasteiger charge is 2.05. The highest BCUT2D eigenvalue weighted by molar-refractivity contribution is 5.79. The highest BCUT2D eigenvalue weighted by Crippen LogP contribution is 2.23.